The third-order valence-electron chi connectivity index (χ3n) is 3.70. The van der Waals surface area contributed by atoms with E-state index in [9.17, 15) is 0 Å². The molecule has 0 radical (unpaired) electrons. The maximum Gasteiger partial charge on any atom is 0.0692 e. The molecule has 0 bridgehead atoms. The molecule has 0 amide bonds. The molecule has 82 valence electrons. The Labute approximate surface area is 91.7 Å². The third-order valence-corrected chi connectivity index (χ3v) is 3.70. The smallest absolute Gasteiger partial charge is 0.0692 e. The lowest BCUT2D eigenvalue weighted by Gasteiger charge is -2.16. The molecule has 0 saturated heterocycles. The molecule has 15 heavy (non-hydrogen) atoms. The first-order valence-electron chi connectivity index (χ1n) is 6.37. The molecule has 1 aromatic heterocycles. The quantitative estimate of drug-likeness (QED) is 0.723. The summed E-state index contributed by atoms with van der Waals surface area (Å²) in [6.45, 7) is 5.79. The van der Waals surface area contributed by atoms with E-state index in [1.807, 2.05) is 0 Å². The van der Waals surface area contributed by atoms with Crippen molar-refractivity contribution >= 4 is 0 Å². The Bertz CT molecular complexity index is 372. The summed E-state index contributed by atoms with van der Waals surface area (Å²) in [6.07, 6.45) is 6.67. The Balaban J connectivity index is 2.09. The predicted octanol–water partition coefficient (Wildman–Crippen LogP) is 3.22. The lowest BCUT2D eigenvalue weighted by atomic mass is 9.95. The highest BCUT2D eigenvalue weighted by Gasteiger charge is 2.32. The molecule has 2 nitrogen and oxygen atoms in total. The van der Waals surface area contributed by atoms with Crippen LogP contribution in [0.5, 0.6) is 0 Å². The number of aryl methyl sites for hydroxylation is 1. The van der Waals surface area contributed by atoms with Gasteiger partial charge >= 0.3 is 0 Å². The maximum absolute atomic E-state index is 4.85. The molecule has 1 aliphatic heterocycles. The summed E-state index contributed by atoms with van der Waals surface area (Å²) in [5.74, 6) is 1.46. The average Bonchev–Trinajstić information content (AvgIpc) is 2.98. The molecule has 0 aromatic carbocycles. The van der Waals surface area contributed by atoms with Crippen LogP contribution in [0.25, 0.3) is 0 Å². The highest BCUT2D eigenvalue weighted by Crippen LogP contribution is 2.44. The van der Waals surface area contributed by atoms with Gasteiger partial charge in [0.2, 0.25) is 0 Å². The van der Waals surface area contributed by atoms with Gasteiger partial charge in [-0.25, -0.2) is 0 Å². The summed E-state index contributed by atoms with van der Waals surface area (Å²) in [5.41, 5.74) is 4.59. The molecular weight excluding hydrogens is 184 g/mol. The first-order valence-corrected chi connectivity index (χ1v) is 6.37. The molecule has 0 spiro atoms. The van der Waals surface area contributed by atoms with Gasteiger partial charge in [0.1, 0.15) is 0 Å². The van der Waals surface area contributed by atoms with Gasteiger partial charge in [-0.1, -0.05) is 13.8 Å². The summed E-state index contributed by atoms with van der Waals surface area (Å²) < 4.78 is 2.30. The number of rotatable bonds is 2. The molecule has 2 aliphatic rings. The van der Waals surface area contributed by atoms with Crippen molar-refractivity contribution in [1.82, 2.24) is 9.78 Å². The van der Waals surface area contributed by atoms with Gasteiger partial charge in [-0.15, -0.1) is 0 Å². The first kappa shape index (κ1) is 9.44. The summed E-state index contributed by atoms with van der Waals surface area (Å²) in [5, 5.41) is 4.85. The van der Waals surface area contributed by atoms with Crippen molar-refractivity contribution in [2.45, 2.75) is 64.3 Å². The van der Waals surface area contributed by atoms with Crippen LogP contribution < -0.4 is 0 Å². The first-order chi connectivity index (χ1) is 7.27. The predicted molar refractivity (Wildman–Crippen MR) is 61.2 cm³/mol. The van der Waals surface area contributed by atoms with E-state index < -0.39 is 0 Å². The molecule has 0 atom stereocenters. The van der Waals surface area contributed by atoms with Crippen LogP contribution in [0.1, 0.15) is 68.3 Å². The number of nitrogens with zero attached hydrogens (tertiary/aromatic N) is 2. The van der Waals surface area contributed by atoms with Crippen molar-refractivity contribution in [2.75, 3.05) is 0 Å². The van der Waals surface area contributed by atoms with Gasteiger partial charge in [0.15, 0.2) is 0 Å². The summed E-state index contributed by atoms with van der Waals surface area (Å²) >= 11 is 0. The van der Waals surface area contributed by atoms with E-state index in [1.165, 1.54) is 37.8 Å². The lowest BCUT2D eigenvalue weighted by Crippen LogP contribution is -2.12. The molecule has 1 aromatic rings. The van der Waals surface area contributed by atoms with Gasteiger partial charge in [0.25, 0.3) is 0 Å². The van der Waals surface area contributed by atoms with Crippen LogP contribution in [0.3, 0.4) is 0 Å². The van der Waals surface area contributed by atoms with Crippen molar-refractivity contribution in [3.63, 3.8) is 0 Å². The minimum absolute atomic E-state index is 0.655. The van der Waals surface area contributed by atoms with Crippen LogP contribution in [0, 0.1) is 0 Å². The summed E-state index contributed by atoms with van der Waals surface area (Å²) in [7, 11) is 0. The Morgan fingerprint density at radius 2 is 2.07 bits per heavy atom. The second-order valence-electron chi connectivity index (χ2n) is 5.35. The normalized spacial score (nSPS) is 20.7. The Morgan fingerprint density at radius 1 is 1.27 bits per heavy atom. The molecular formula is C13H20N2. The molecule has 0 unspecified atom stereocenters. The van der Waals surface area contributed by atoms with Gasteiger partial charge < -0.3 is 0 Å². The van der Waals surface area contributed by atoms with Crippen molar-refractivity contribution < 1.29 is 0 Å². The number of hydrogen-bond acceptors (Lipinski definition) is 1. The molecule has 0 N–H and O–H groups in total. The second-order valence-corrected chi connectivity index (χ2v) is 5.35. The van der Waals surface area contributed by atoms with Gasteiger partial charge in [-0.05, 0) is 43.6 Å². The Morgan fingerprint density at radius 3 is 2.73 bits per heavy atom. The van der Waals surface area contributed by atoms with Gasteiger partial charge in [-0.3, -0.25) is 4.68 Å². The fraction of sp³-hybridized carbons (Fsp3) is 0.769. The van der Waals surface area contributed by atoms with Crippen LogP contribution in [-0.2, 0) is 13.0 Å². The van der Waals surface area contributed by atoms with Crippen molar-refractivity contribution in [3.8, 4) is 0 Å². The van der Waals surface area contributed by atoms with Crippen LogP contribution in [0.15, 0.2) is 0 Å². The van der Waals surface area contributed by atoms with E-state index in [1.54, 1.807) is 11.3 Å². The third kappa shape index (κ3) is 1.51. The van der Waals surface area contributed by atoms with E-state index in [2.05, 4.69) is 18.5 Å². The maximum atomic E-state index is 4.85. The topological polar surface area (TPSA) is 17.8 Å². The van der Waals surface area contributed by atoms with Crippen LogP contribution >= 0.6 is 0 Å². The van der Waals surface area contributed by atoms with Crippen LogP contribution in [0.2, 0.25) is 0 Å². The molecule has 1 fully saturated rings. The zero-order chi connectivity index (χ0) is 10.4. The minimum atomic E-state index is 0.655. The second kappa shape index (κ2) is 3.36. The molecule has 2 heterocycles. The fourth-order valence-electron chi connectivity index (χ4n) is 2.82. The Kier molecular flexibility index (Phi) is 2.11. The lowest BCUT2D eigenvalue weighted by molar-refractivity contribution is 0.481. The number of aromatic nitrogens is 2. The van der Waals surface area contributed by atoms with Crippen molar-refractivity contribution in [2.24, 2.45) is 0 Å². The minimum Gasteiger partial charge on any atom is -0.269 e. The summed E-state index contributed by atoms with van der Waals surface area (Å²) in [4.78, 5) is 0. The van der Waals surface area contributed by atoms with E-state index in [4.69, 9.17) is 5.10 Å². The standard InChI is InChI=1S/C13H20N2/c1-9(2)12-11-5-3-4-8-15(11)14-13(12)10-6-7-10/h9-10H,3-8H2,1-2H3. The SMILES string of the molecule is CC(C)c1c(C2CC2)nn2c1CCCC2. The molecule has 3 rings (SSSR count). The average molecular weight is 204 g/mol. The molecule has 1 saturated carbocycles. The zero-order valence-electron chi connectivity index (χ0n) is 9.79. The van der Waals surface area contributed by atoms with Crippen molar-refractivity contribution in [1.29, 1.82) is 0 Å². The van der Waals surface area contributed by atoms with E-state index >= 15 is 0 Å². The summed E-state index contributed by atoms with van der Waals surface area (Å²) in [6, 6.07) is 0. The van der Waals surface area contributed by atoms with Gasteiger partial charge in [0.05, 0.1) is 5.69 Å². The van der Waals surface area contributed by atoms with Crippen LogP contribution in [0.4, 0.5) is 0 Å². The molecule has 2 heteroatoms. The molecule has 1 aliphatic carbocycles. The largest absolute Gasteiger partial charge is 0.269 e. The fourth-order valence-corrected chi connectivity index (χ4v) is 2.82. The van der Waals surface area contributed by atoms with E-state index in [0.29, 0.717) is 5.92 Å². The monoisotopic (exact) mass is 204 g/mol. The highest BCUT2D eigenvalue weighted by molar-refractivity contribution is 5.35. The number of fused-ring (bicyclic) bond motifs is 1. The zero-order valence-corrected chi connectivity index (χ0v) is 9.79. The van der Waals surface area contributed by atoms with Crippen LogP contribution in [-0.4, -0.2) is 9.78 Å². The van der Waals surface area contributed by atoms with E-state index in [-0.39, 0.29) is 0 Å². The Hall–Kier alpha value is -0.790. The van der Waals surface area contributed by atoms with Gasteiger partial charge in [-0.2, -0.15) is 5.10 Å². The highest BCUT2D eigenvalue weighted by atomic mass is 15.3. The van der Waals surface area contributed by atoms with E-state index in [0.717, 1.165) is 12.5 Å². The van der Waals surface area contributed by atoms with Gasteiger partial charge in [0, 0.05) is 18.2 Å². The van der Waals surface area contributed by atoms with Crippen molar-refractivity contribution in [3.05, 3.63) is 17.0 Å². The number of hydrogen-bond donors (Lipinski definition) is 0.